The first kappa shape index (κ1) is 17.6. The first-order valence-corrected chi connectivity index (χ1v) is 9.18. The number of carbonyl (C=O) groups is 1. The number of rotatable bonds is 3. The fourth-order valence-electron chi connectivity index (χ4n) is 2.61. The van der Waals surface area contributed by atoms with E-state index in [1.807, 2.05) is 12.1 Å². The van der Waals surface area contributed by atoms with E-state index in [1.54, 1.807) is 12.1 Å². The largest absolute Gasteiger partial charge is 0.283 e. The van der Waals surface area contributed by atoms with Gasteiger partial charge in [-0.1, -0.05) is 35.9 Å². The van der Waals surface area contributed by atoms with Gasteiger partial charge in [-0.3, -0.25) is 10.2 Å². The van der Waals surface area contributed by atoms with Gasteiger partial charge in [-0.2, -0.15) is 15.1 Å². The molecule has 5 nitrogen and oxygen atoms in total. The molecule has 0 spiro atoms. The van der Waals surface area contributed by atoms with Gasteiger partial charge < -0.3 is 0 Å². The average Bonchev–Trinajstić information content (AvgIpc) is 3.04. The molecule has 2 aliphatic heterocycles. The highest BCUT2D eigenvalue weighted by molar-refractivity contribution is 8.26. The van der Waals surface area contributed by atoms with Crippen LogP contribution in [-0.4, -0.2) is 27.0 Å². The van der Waals surface area contributed by atoms with E-state index < -0.39 is 5.91 Å². The molecule has 0 radical (unpaired) electrons. The van der Waals surface area contributed by atoms with Gasteiger partial charge in [-0.05, 0) is 53.2 Å². The first-order chi connectivity index (χ1) is 13.0. The zero-order valence-corrected chi connectivity index (χ0v) is 15.4. The summed E-state index contributed by atoms with van der Waals surface area (Å²) in [6, 6.07) is 13.1. The van der Waals surface area contributed by atoms with Crippen molar-refractivity contribution < 1.29 is 9.18 Å². The molecule has 0 unspecified atom stereocenters. The molecular formula is C19H12ClFN4OS. The van der Waals surface area contributed by atoms with Crippen molar-refractivity contribution in [3.63, 3.8) is 0 Å². The summed E-state index contributed by atoms with van der Waals surface area (Å²) in [6.07, 6.45) is 2.07. The Labute approximate surface area is 163 Å². The van der Waals surface area contributed by atoms with Crippen molar-refractivity contribution in [3.8, 4) is 0 Å². The van der Waals surface area contributed by atoms with Crippen LogP contribution in [0, 0.1) is 11.2 Å². The zero-order valence-electron chi connectivity index (χ0n) is 13.8. The number of halogens is 2. The Balaban J connectivity index is 1.59. The molecule has 1 amide bonds. The number of nitrogens with one attached hydrogen (secondary N) is 1. The summed E-state index contributed by atoms with van der Waals surface area (Å²) in [5, 5.41) is 15.9. The lowest BCUT2D eigenvalue weighted by Crippen LogP contribution is -2.35. The summed E-state index contributed by atoms with van der Waals surface area (Å²) in [5.74, 6) is -0.922. The number of hydrogen-bond donors (Lipinski definition) is 1. The fourth-order valence-corrected chi connectivity index (χ4v) is 3.65. The molecule has 0 saturated heterocycles. The first-order valence-electron chi connectivity index (χ1n) is 7.99. The van der Waals surface area contributed by atoms with E-state index in [0.29, 0.717) is 22.2 Å². The molecule has 4 rings (SSSR count). The van der Waals surface area contributed by atoms with Gasteiger partial charge in [-0.25, -0.2) is 4.39 Å². The van der Waals surface area contributed by atoms with Crippen molar-refractivity contribution in [2.24, 2.45) is 10.1 Å². The number of carbonyl (C=O) groups excluding carboxylic acids is 1. The third-order valence-corrected chi connectivity index (χ3v) is 5.11. The number of nitrogens with zero attached hydrogens (tertiary/aromatic N) is 3. The van der Waals surface area contributed by atoms with E-state index >= 15 is 0 Å². The van der Waals surface area contributed by atoms with E-state index in [1.165, 1.54) is 47.1 Å². The fraction of sp³-hybridized carbons (Fsp3) is 0.0526. The van der Waals surface area contributed by atoms with Crippen LogP contribution in [0.4, 0.5) is 4.39 Å². The maximum Gasteiger partial charge on any atom is 0.283 e. The molecule has 134 valence electrons. The molecule has 8 heteroatoms. The van der Waals surface area contributed by atoms with Crippen LogP contribution >= 0.6 is 23.4 Å². The summed E-state index contributed by atoms with van der Waals surface area (Å²) >= 11 is 7.16. The van der Waals surface area contributed by atoms with Crippen molar-refractivity contribution >= 4 is 51.4 Å². The Kier molecular flexibility index (Phi) is 4.63. The van der Waals surface area contributed by atoms with Crippen molar-refractivity contribution in [3.05, 3.63) is 76.1 Å². The molecule has 2 heterocycles. The topological polar surface area (TPSA) is 68.9 Å². The van der Waals surface area contributed by atoms with E-state index in [2.05, 4.69) is 10.1 Å². The predicted octanol–water partition coefficient (Wildman–Crippen LogP) is 4.34. The third-order valence-electron chi connectivity index (χ3n) is 3.95. The van der Waals surface area contributed by atoms with Crippen LogP contribution in [0.5, 0.6) is 0 Å². The number of amidine groups is 2. The molecule has 2 aromatic carbocycles. The van der Waals surface area contributed by atoms with Crippen LogP contribution < -0.4 is 0 Å². The van der Waals surface area contributed by atoms with Gasteiger partial charge >= 0.3 is 0 Å². The molecule has 0 atom stereocenters. The summed E-state index contributed by atoms with van der Waals surface area (Å²) < 4.78 is 13.1. The van der Waals surface area contributed by atoms with Crippen molar-refractivity contribution in [2.75, 3.05) is 0 Å². The number of hydrogen-bond acceptors (Lipinski definition) is 4. The summed E-state index contributed by atoms with van der Waals surface area (Å²) in [4.78, 5) is 16.4. The standard InChI is InChI=1S/C19H12ClFN4OS/c20-13-5-1-12(2-6-13)10-16-24-25-17(22)15(18(26)23-19(25)27-16)9-11-3-7-14(21)8-4-11/h1-9,22H,10H2. The summed E-state index contributed by atoms with van der Waals surface area (Å²) in [5.41, 5.74) is 1.74. The van der Waals surface area contributed by atoms with Crippen molar-refractivity contribution in [1.82, 2.24) is 5.01 Å². The maximum absolute atomic E-state index is 13.1. The lowest BCUT2D eigenvalue weighted by Gasteiger charge is -2.20. The van der Waals surface area contributed by atoms with Gasteiger partial charge in [0.2, 0.25) is 5.17 Å². The molecule has 0 saturated carbocycles. The second-order valence-corrected chi connectivity index (χ2v) is 7.35. The van der Waals surface area contributed by atoms with Gasteiger partial charge in [0, 0.05) is 11.4 Å². The van der Waals surface area contributed by atoms with Crippen molar-refractivity contribution in [2.45, 2.75) is 6.42 Å². The molecular weight excluding hydrogens is 387 g/mol. The second kappa shape index (κ2) is 7.09. The molecule has 0 aromatic heterocycles. The number of thioether (sulfide) groups is 1. The monoisotopic (exact) mass is 398 g/mol. The van der Waals surface area contributed by atoms with Gasteiger partial charge in [0.25, 0.3) is 5.91 Å². The van der Waals surface area contributed by atoms with Crippen LogP contribution in [0.15, 0.2) is 64.2 Å². The molecule has 0 bridgehead atoms. The molecule has 2 aromatic rings. The highest BCUT2D eigenvalue weighted by Crippen LogP contribution is 2.29. The van der Waals surface area contributed by atoms with Gasteiger partial charge in [0.1, 0.15) is 10.9 Å². The Hall–Kier alpha value is -2.77. The predicted molar refractivity (Wildman–Crippen MR) is 107 cm³/mol. The van der Waals surface area contributed by atoms with Crippen LogP contribution in [0.3, 0.4) is 0 Å². The lowest BCUT2D eigenvalue weighted by atomic mass is 10.1. The zero-order chi connectivity index (χ0) is 19.0. The van der Waals surface area contributed by atoms with Gasteiger partial charge in [-0.15, -0.1) is 0 Å². The normalized spacial score (nSPS) is 17.9. The number of benzene rings is 2. The number of amides is 1. The maximum atomic E-state index is 13.1. The highest BCUT2D eigenvalue weighted by atomic mass is 35.5. The number of hydrazone groups is 1. The van der Waals surface area contributed by atoms with Crippen LogP contribution in [0.2, 0.25) is 5.02 Å². The Morgan fingerprint density at radius 2 is 1.85 bits per heavy atom. The number of fused-ring (bicyclic) bond motifs is 1. The molecule has 2 aliphatic rings. The summed E-state index contributed by atoms with van der Waals surface area (Å²) in [7, 11) is 0. The third kappa shape index (κ3) is 3.70. The Bertz CT molecular complexity index is 1030. The van der Waals surface area contributed by atoms with Crippen LogP contribution in [-0.2, 0) is 11.2 Å². The minimum atomic E-state index is -0.508. The van der Waals surface area contributed by atoms with E-state index in [4.69, 9.17) is 17.0 Å². The van der Waals surface area contributed by atoms with Crippen LogP contribution in [0.1, 0.15) is 11.1 Å². The molecule has 1 N–H and O–H groups in total. The molecule has 0 aliphatic carbocycles. The molecule has 27 heavy (non-hydrogen) atoms. The summed E-state index contributed by atoms with van der Waals surface area (Å²) in [6.45, 7) is 0. The van der Waals surface area contributed by atoms with Gasteiger partial charge in [0.15, 0.2) is 5.84 Å². The Morgan fingerprint density at radius 3 is 2.56 bits per heavy atom. The van der Waals surface area contributed by atoms with E-state index in [-0.39, 0.29) is 17.2 Å². The minimum Gasteiger partial charge on any atom is -0.282 e. The number of aliphatic imine (C=N–C) groups is 1. The lowest BCUT2D eigenvalue weighted by molar-refractivity contribution is -0.114. The second-order valence-electron chi connectivity index (χ2n) is 5.87. The molecule has 0 fully saturated rings. The van der Waals surface area contributed by atoms with Gasteiger partial charge in [0.05, 0.1) is 5.57 Å². The quantitative estimate of drug-likeness (QED) is 0.782. The Morgan fingerprint density at radius 1 is 1.15 bits per heavy atom. The van der Waals surface area contributed by atoms with E-state index in [0.717, 1.165) is 10.6 Å². The average molecular weight is 399 g/mol. The van der Waals surface area contributed by atoms with E-state index in [9.17, 15) is 9.18 Å². The highest BCUT2D eigenvalue weighted by Gasteiger charge is 2.35. The minimum absolute atomic E-state index is 0.0482. The smallest absolute Gasteiger partial charge is 0.282 e. The SMILES string of the molecule is N=C1C(=Cc2ccc(F)cc2)C(=O)N=C2SC(Cc3ccc(Cl)cc3)=NN12. The van der Waals surface area contributed by atoms with Crippen LogP contribution in [0.25, 0.3) is 6.08 Å². The van der Waals surface area contributed by atoms with Crippen molar-refractivity contribution in [1.29, 1.82) is 5.41 Å².